The summed E-state index contributed by atoms with van der Waals surface area (Å²) in [5.41, 5.74) is 0. The zero-order chi connectivity index (χ0) is 16.0. The Balaban J connectivity index is 2.41. The van der Waals surface area contributed by atoms with Crippen LogP contribution in [0.15, 0.2) is 12.7 Å². The molecule has 0 spiro atoms. The van der Waals surface area contributed by atoms with Crippen molar-refractivity contribution in [3.05, 3.63) is 12.7 Å². The molecule has 1 rings (SSSR count). The van der Waals surface area contributed by atoms with Crippen molar-refractivity contribution in [1.29, 1.82) is 0 Å². The predicted octanol–water partition coefficient (Wildman–Crippen LogP) is 3.32. The number of carbonyl (C=O) groups is 2. The molecule has 1 heterocycles. The highest BCUT2D eigenvalue weighted by atomic mass is 127. The second kappa shape index (κ2) is 8.95. The summed E-state index contributed by atoms with van der Waals surface area (Å²) >= 11 is 4.58. The molecule has 0 aliphatic carbocycles. The Bertz CT molecular complexity index is 403. The van der Waals surface area contributed by atoms with Gasteiger partial charge in [-0.15, -0.1) is 6.58 Å². The van der Waals surface area contributed by atoms with E-state index in [2.05, 4.69) is 20.4 Å². The highest BCUT2D eigenvalue weighted by Gasteiger charge is 2.40. The van der Waals surface area contributed by atoms with E-state index in [0.29, 0.717) is 6.42 Å². The molecular weight excluding hydrogens is 412 g/mol. The van der Waals surface area contributed by atoms with Crippen LogP contribution in [0.25, 0.3) is 0 Å². The molecule has 0 N–H and O–H groups in total. The Morgan fingerprint density at radius 3 is 2.76 bits per heavy atom. The highest BCUT2D eigenvalue weighted by Crippen LogP contribution is 2.37. The fourth-order valence-electron chi connectivity index (χ4n) is 2.65. The summed E-state index contributed by atoms with van der Waals surface area (Å²) in [6.07, 6.45) is 8.26. The van der Waals surface area contributed by atoms with Crippen LogP contribution in [0.1, 0.15) is 52.4 Å². The second-order valence-electron chi connectivity index (χ2n) is 6.27. The molecule has 1 saturated heterocycles. The summed E-state index contributed by atoms with van der Waals surface area (Å²) in [4.78, 5) is 23.6. The molecular formula is C15H25AlINO2S. The molecule has 1 aliphatic heterocycles. The van der Waals surface area contributed by atoms with E-state index in [9.17, 15) is 9.59 Å². The Labute approximate surface area is 154 Å². The first-order chi connectivity index (χ1) is 9.80. The molecule has 1 aliphatic rings. The molecule has 3 nitrogen and oxygen atoms in total. The summed E-state index contributed by atoms with van der Waals surface area (Å²) in [6.45, 7) is 8.30. The van der Waals surface area contributed by atoms with Crippen LogP contribution in [0, 0.1) is 5.92 Å². The number of hydrogen-bond acceptors (Lipinski definition) is 3. The van der Waals surface area contributed by atoms with E-state index in [1.54, 1.807) is 11.8 Å². The van der Waals surface area contributed by atoms with Crippen molar-refractivity contribution in [2.24, 2.45) is 5.92 Å². The average molecular weight is 437 g/mol. The normalized spacial score (nSPS) is 23.2. The number of halogens is 1. The minimum absolute atomic E-state index is 0.0224. The molecule has 6 heteroatoms. The van der Waals surface area contributed by atoms with Gasteiger partial charge < -0.3 is 0 Å². The number of nitrogens with zero attached hydrogens (tertiary/aromatic N) is 1. The van der Waals surface area contributed by atoms with E-state index in [1.807, 2.05) is 28.9 Å². The maximum atomic E-state index is 12.0. The molecule has 118 valence electrons. The van der Waals surface area contributed by atoms with E-state index in [4.69, 9.17) is 0 Å². The molecule has 2 amide bonds. The van der Waals surface area contributed by atoms with Crippen LogP contribution >= 0.6 is 34.6 Å². The van der Waals surface area contributed by atoms with Gasteiger partial charge in [-0.1, -0.05) is 45.6 Å². The molecule has 0 bridgehead atoms. The number of rotatable bonds is 9. The maximum Gasteiger partial charge on any atom is 0.251 e. The topological polar surface area (TPSA) is 37.4 Å². The Hall–Kier alpha value is 0.492. The first-order valence-corrected chi connectivity index (χ1v) is 10.5. The molecule has 0 aromatic carbocycles. The number of thioether (sulfide) groups is 1. The third-order valence-corrected chi connectivity index (χ3v) is 7.69. The summed E-state index contributed by atoms with van der Waals surface area (Å²) < 4.78 is 1.43. The van der Waals surface area contributed by atoms with Gasteiger partial charge in [0.05, 0.1) is 28.1 Å². The van der Waals surface area contributed by atoms with E-state index in [0.717, 1.165) is 35.0 Å². The summed E-state index contributed by atoms with van der Waals surface area (Å²) in [5.74, 6) is 0.669. The van der Waals surface area contributed by atoms with E-state index >= 15 is 0 Å². The standard InChI is InChI=1S/C15H23INO2S.Al.2H/c1-4-7-12(5-2)9-6-8-11(3)20-13-10-14(18)17(16)15(13)19;;;/h4,12-13H,1,5-10H2,2-3H3;;;. The van der Waals surface area contributed by atoms with Gasteiger partial charge >= 0.3 is 0 Å². The fourth-order valence-corrected chi connectivity index (χ4v) is 6.05. The van der Waals surface area contributed by atoms with Gasteiger partial charge in [0, 0.05) is 6.42 Å². The summed E-state index contributed by atoms with van der Waals surface area (Å²) in [5, 5.41) is -0.160. The molecule has 3 atom stereocenters. The molecule has 3 unspecified atom stereocenters. The van der Waals surface area contributed by atoms with Crippen molar-refractivity contribution in [3.8, 4) is 0 Å². The van der Waals surface area contributed by atoms with Crippen molar-refractivity contribution >= 4 is 62.7 Å². The van der Waals surface area contributed by atoms with Gasteiger partial charge in [-0.2, -0.15) is 11.8 Å². The van der Waals surface area contributed by atoms with Crippen molar-refractivity contribution in [2.75, 3.05) is 0 Å². The minimum Gasteiger partial charge on any atom is -0.274 e. The monoisotopic (exact) mass is 437 g/mol. The quantitative estimate of drug-likeness (QED) is 0.183. The number of amides is 2. The molecule has 21 heavy (non-hydrogen) atoms. The Morgan fingerprint density at radius 2 is 2.29 bits per heavy atom. The lowest BCUT2D eigenvalue weighted by atomic mass is 9.95. The number of allylic oxidation sites excluding steroid dienone is 1. The first kappa shape index (κ1) is 19.5. The van der Waals surface area contributed by atoms with Crippen molar-refractivity contribution in [3.63, 3.8) is 0 Å². The molecule has 0 radical (unpaired) electrons. The Kier molecular flexibility index (Phi) is 8.33. The third kappa shape index (κ3) is 6.25. The smallest absolute Gasteiger partial charge is 0.251 e. The predicted molar refractivity (Wildman–Crippen MR) is 101 cm³/mol. The molecule has 0 aromatic rings. The van der Waals surface area contributed by atoms with Crippen molar-refractivity contribution < 1.29 is 9.59 Å². The lowest BCUT2D eigenvalue weighted by Gasteiger charge is -2.27. The fraction of sp³-hybridized carbons (Fsp3) is 0.733. The largest absolute Gasteiger partial charge is 0.274 e. The van der Waals surface area contributed by atoms with Crippen LogP contribution in [0.5, 0.6) is 0 Å². The maximum absolute atomic E-state index is 12.0. The number of hydrogen-bond donors (Lipinski definition) is 0. The van der Waals surface area contributed by atoms with Gasteiger partial charge in [0.1, 0.15) is 0 Å². The van der Waals surface area contributed by atoms with Crippen molar-refractivity contribution in [1.82, 2.24) is 3.11 Å². The van der Waals surface area contributed by atoms with Crippen LogP contribution in [0.4, 0.5) is 0 Å². The zero-order valence-electron chi connectivity index (χ0n) is 13.2. The van der Waals surface area contributed by atoms with Crippen molar-refractivity contribution in [2.45, 2.75) is 61.2 Å². The highest BCUT2D eigenvalue weighted by molar-refractivity contribution is 14.1. The Morgan fingerprint density at radius 1 is 1.62 bits per heavy atom. The number of imide groups is 1. The summed E-state index contributed by atoms with van der Waals surface area (Å²) in [6, 6.07) is 0. The second-order valence-corrected chi connectivity index (χ2v) is 12.1. The number of carbonyl (C=O) groups excluding carboxylic acids is 2. The van der Waals surface area contributed by atoms with Crippen LogP contribution in [-0.4, -0.2) is 40.1 Å². The molecule has 0 aromatic heterocycles. The summed E-state index contributed by atoms with van der Waals surface area (Å²) in [7, 11) is 0. The van der Waals surface area contributed by atoms with Gasteiger partial charge in [-0.3, -0.25) is 9.59 Å². The van der Waals surface area contributed by atoms with Gasteiger partial charge in [-0.05, 0) is 15.9 Å². The third-order valence-electron chi connectivity index (χ3n) is 3.98. The zero-order valence-corrected chi connectivity index (χ0v) is 18.2. The van der Waals surface area contributed by atoms with Crippen LogP contribution in [0.3, 0.4) is 0 Å². The SMILES string of the molecule is C=CCC(CC)CCC[C](C)([AlH2])SC1CC(=O)N(I)C1=O. The van der Waals surface area contributed by atoms with E-state index in [1.165, 1.54) is 22.4 Å². The average Bonchev–Trinajstić information content (AvgIpc) is 2.64. The van der Waals surface area contributed by atoms with Crippen LogP contribution < -0.4 is 0 Å². The van der Waals surface area contributed by atoms with Gasteiger partial charge in [0.25, 0.3) is 5.91 Å². The molecule has 1 fully saturated rings. The van der Waals surface area contributed by atoms with Gasteiger partial charge in [-0.25, -0.2) is 3.11 Å². The van der Waals surface area contributed by atoms with E-state index < -0.39 is 0 Å². The minimum atomic E-state index is -0.160. The lowest BCUT2D eigenvalue weighted by molar-refractivity contribution is -0.130. The lowest BCUT2D eigenvalue weighted by Crippen LogP contribution is -2.28. The van der Waals surface area contributed by atoms with Gasteiger partial charge in [0.2, 0.25) is 22.2 Å². The molecule has 0 saturated carbocycles. The first-order valence-electron chi connectivity index (χ1n) is 7.62. The van der Waals surface area contributed by atoms with Gasteiger partial charge in [0.15, 0.2) is 0 Å². The van der Waals surface area contributed by atoms with E-state index in [-0.39, 0.29) is 20.7 Å². The van der Waals surface area contributed by atoms with Crippen LogP contribution in [0.2, 0.25) is 0 Å². The van der Waals surface area contributed by atoms with Crippen LogP contribution in [-0.2, 0) is 9.59 Å².